The number of rotatable bonds is 7. The lowest BCUT2D eigenvalue weighted by atomic mass is 9.69. The van der Waals surface area contributed by atoms with E-state index in [1.54, 1.807) is 18.5 Å². The van der Waals surface area contributed by atoms with Crippen LogP contribution in [0.1, 0.15) is 60.9 Å². The fraction of sp³-hybridized carbons (Fsp3) is 0.536. The van der Waals surface area contributed by atoms with Crippen LogP contribution in [0.5, 0.6) is 0 Å². The van der Waals surface area contributed by atoms with Gasteiger partial charge in [0.15, 0.2) is 0 Å². The van der Waals surface area contributed by atoms with Crippen molar-refractivity contribution in [3.63, 3.8) is 0 Å². The molecule has 0 unspecified atom stereocenters. The van der Waals surface area contributed by atoms with Crippen molar-refractivity contribution in [3.05, 3.63) is 65.5 Å². The van der Waals surface area contributed by atoms with Crippen molar-refractivity contribution >= 4 is 11.8 Å². The zero-order valence-electron chi connectivity index (χ0n) is 20.5. The van der Waals surface area contributed by atoms with Gasteiger partial charge in [-0.2, -0.15) is 0 Å². The molecule has 8 heteroatoms. The van der Waals surface area contributed by atoms with Crippen LogP contribution in [-0.4, -0.2) is 58.3 Å². The van der Waals surface area contributed by atoms with Crippen LogP contribution in [0.25, 0.3) is 0 Å². The Balaban J connectivity index is 1.25. The van der Waals surface area contributed by atoms with E-state index in [-0.39, 0.29) is 24.4 Å². The van der Waals surface area contributed by atoms with Crippen LogP contribution in [-0.2, 0) is 11.3 Å². The molecule has 2 amide bonds. The van der Waals surface area contributed by atoms with Gasteiger partial charge in [0.05, 0.1) is 5.56 Å². The number of nitrogens with zero attached hydrogens (tertiary/aromatic N) is 3. The van der Waals surface area contributed by atoms with Crippen molar-refractivity contribution in [2.24, 2.45) is 11.8 Å². The van der Waals surface area contributed by atoms with Crippen LogP contribution >= 0.6 is 0 Å². The summed E-state index contributed by atoms with van der Waals surface area (Å²) in [4.78, 5) is 35.0. The molecular formula is C28H34F2N4O2. The van der Waals surface area contributed by atoms with Crippen LogP contribution in [0.2, 0.25) is 0 Å². The third kappa shape index (κ3) is 5.43. The first-order chi connectivity index (χ1) is 17.5. The van der Waals surface area contributed by atoms with E-state index in [0.717, 1.165) is 51.4 Å². The summed E-state index contributed by atoms with van der Waals surface area (Å²) >= 11 is 0. The van der Waals surface area contributed by atoms with Gasteiger partial charge in [-0.3, -0.25) is 19.5 Å². The average molecular weight is 497 g/mol. The fourth-order valence-electron chi connectivity index (χ4n) is 6.73. The van der Waals surface area contributed by atoms with Gasteiger partial charge in [-0.25, -0.2) is 8.78 Å². The SMILES string of the molecule is O=C(CCC[C@@H]1[C@H]2CCCN3CCC[C@@H](CN1C(=O)c1cccnc1)[C@@H]23)NCc1cc(F)cc(F)c1. The molecule has 4 atom stereocenters. The molecule has 1 aromatic carbocycles. The molecule has 4 heterocycles. The Bertz CT molecular complexity index is 1060. The maximum atomic E-state index is 13.6. The topological polar surface area (TPSA) is 65.5 Å². The molecule has 3 saturated heterocycles. The molecule has 0 aliphatic carbocycles. The first-order valence-corrected chi connectivity index (χ1v) is 13.2. The lowest BCUT2D eigenvalue weighted by Crippen LogP contribution is -2.65. The molecule has 3 aliphatic rings. The number of carbonyl (C=O) groups excluding carboxylic acids is 2. The first-order valence-electron chi connectivity index (χ1n) is 13.2. The maximum Gasteiger partial charge on any atom is 0.255 e. The number of hydrogen-bond donors (Lipinski definition) is 1. The van der Waals surface area contributed by atoms with Crippen molar-refractivity contribution in [2.45, 2.75) is 63.6 Å². The Morgan fingerprint density at radius 3 is 2.61 bits per heavy atom. The van der Waals surface area contributed by atoms with Gasteiger partial charge in [0, 0.05) is 50.1 Å². The smallest absolute Gasteiger partial charge is 0.255 e. The Morgan fingerprint density at radius 2 is 1.86 bits per heavy atom. The number of halogens is 2. The summed E-state index contributed by atoms with van der Waals surface area (Å²) in [7, 11) is 0. The number of aromatic nitrogens is 1. The number of hydrogen-bond acceptors (Lipinski definition) is 4. The van der Waals surface area contributed by atoms with E-state index in [1.165, 1.54) is 18.6 Å². The summed E-state index contributed by atoms with van der Waals surface area (Å²) in [6.07, 6.45) is 9.63. The van der Waals surface area contributed by atoms with Gasteiger partial charge in [-0.1, -0.05) is 0 Å². The first kappa shape index (κ1) is 24.8. The minimum absolute atomic E-state index is 0.0341. The third-order valence-corrected chi connectivity index (χ3v) is 8.16. The molecule has 1 aromatic heterocycles. The highest BCUT2D eigenvalue weighted by Crippen LogP contribution is 2.43. The average Bonchev–Trinajstić information content (AvgIpc) is 2.88. The summed E-state index contributed by atoms with van der Waals surface area (Å²) in [5.41, 5.74) is 1.01. The second-order valence-corrected chi connectivity index (χ2v) is 10.4. The second-order valence-electron chi connectivity index (χ2n) is 10.4. The standard InChI is InChI=1S/C28H34F2N4O2/c29-22-13-19(14-23(30)15-22)16-32-26(35)9-1-8-25-24-7-4-12-33-11-3-6-21(27(24)33)18-34(25)28(36)20-5-2-10-31-17-20/h2,5,10,13-15,17,21,24-25,27H,1,3-4,6-9,11-12,16,18H2,(H,32,35)/t21-,24+,25+,27-/m0/s1. The number of piperidine rings is 3. The highest BCUT2D eigenvalue weighted by Gasteiger charge is 2.49. The van der Waals surface area contributed by atoms with Crippen LogP contribution in [0.3, 0.4) is 0 Å². The number of carbonyl (C=O) groups is 2. The molecule has 3 fully saturated rings. The molecule has 0 saturated carbocycles. The number of pyridine rings is 1. The minimum Gasteiger partial charge on any atom is -0.352 e. The molecule has 0 bridgehead atoms. The van der Waals surface area contributed by atoms with Crippen molar-refractivity contribution in [1.29, 1.82) is 0 Å². The van der Waals surface area contributed by atoms with Crippen LogP contribution in [0.15, 0.2) is 42.7 Å². The van der Waals surface area contributed by atoms with Crippen molar-refractivity contribution in [1.82, 2.24) is 20.1 Å². The predicted molar refractivity (Wildman–Crippen MR) is 132 cm³/mol. The Morgan fingerprint density at radius 1 is 1.08 bits per heavy atom. The fourth-order valence-corrected chi connectivity index (χ4v) is 6.73. The van der Waals surface area contributed by atoms with Gasteiger partial charge < -0.3 is 10.2 Å². The van der Waals surface area contributed by atoms with E-state index in [9.17, 15) is 18.4 Å². The monoisotopic (exact) mass is 496 g/mol. The molecule has 0 radical (unpaired) electrons. The zero-order chi connectivity index (χ0) is 25.1. The third-order valence-electron chi connectivity index (χ3n) is 8.16. The van der Waals surface area contributed by atoms with Crippen molar-refractivity contribution in [3.8, 4) is 0 Å². The van der Waals surface area contributed by atoms with Crippen LogP contribution in [0.4, 0.5) is 8.78 Å². The molecular weight excluding hydrogens is 462 g/mol. The van der Waals surface area contributed by atoms with Crippen molar-refractivity contribution < 1.29 is 18.4 Å². The molecule has 0 spiro atoms. The highest BCUT2D eigenvalue weighted by molar-refractivity contribution is 5.94. The lowest BCUT2D eigenvalue weighted by Gasteiger charge is -2.57. The maximum absolute atomic E-state index is 13.6. The number of benzene rings is 1. The van der Waals surface area contributed by atoms with Crippen LogP contribution in [0, 0.1) is 23.5 Å². The van der Waals surface area contributed by atoms with E-state index >= 15 is 0 Å². The molecule has 192 valence electrons. The Kier molecular flexibility index (Phi) is 7.60. The number of nitrogens with one attached hydrogen (secondary N) is 1. The summed E-state index contributed by atoms with van der Waals surface area (Å²) in [6.45, 7) is 3.13. The Hall–Kier alpha value is -2.87. The molecule has 5 rings (SSSR count). The summed E-state index contributed by atoms with van der Waals surface area (Å²) < 4.78 is 26.8. The largest absolute Gasteiger partial charge is 0.352 e. The van der Waals surface area contributed by atoms with E-state index in [2.05, 4.69) is 20.1 Å². The molecule has 36 heavy (non-hydrogen) atoms. The minimum atomic E-state index is -0.655. The normalized spacial score (nSPS) is 25.8. The summed E-state index contributed by atoms with van der Waals surface area (Å²) in [5, 5.41) is 2.77. The molecule has 2 aromatic rings. The molecule has 6 nitrogen and oxygen atoms in total. The highest BCUT2D eigenvalue weighted by atomic mass is 19.1. The van der Waals surface area contributed by atoms with Gasteiger partial charge in [-0.05, 0) is 93.3 Å². The lowest BCUT2D eigenvalue weighted by molar-refractivity contribution is -0.121. The molecule has 1 N–H and O–H groups in total. The van der Waals surface area contributed by atoms with Gasteiger partial charge in [0.1, 0.15) is 11.6 Å². The van der Waals surface area contributed by atoms with E-state index in [4.69, 9.17) is 0 Å². The van der Waals surface area contributed by atoms with Gasteiger partial charge in [0.2, 0.25) is 5.91 Å². The molecule has 3 aliphatic heterocycles. The number of likely N-dealkylation sites (tertiary alicyclic amines) is 1. The van der Waals surface area contributed by atoms with Crippen LogP contribution < -0.4 is 5.32 Å². The Labute approximate surface area is 211 Å². The van der Waals surface area contributed by atoms with E-state index < -0.39 is 11.6 Å². The van der Waals surface area contributed by atoms with E-state index in [1.807, 2.05) is 6.07 Å². The van der Waals surface area contributed by atoms with Gasteiger partial charge in [0.25, 0.3) is 5.91 Å². The van der Waals surface area contributed by atoms with E-state index in [0.29, 0.717) is 41.8 Å². The van der Waals surface area contributed by atoms with Gasteiger partial charge in [-0.15, -0.1) is 0 Å². The summed E-state index contributed by atoms with van der Waals surface area (Å²) in [5.74, 6) is -0.518. The zero-order valence-corrected chi connectivity index (χ0v) is 20.5. The van der Waals surface area contributed by atoms with Crippen molar-refractivity contribution in [2.75, 3.05) is 19.6 Å². The quantitative estimate of drug-likeness (QED) is 0.625. The predicted octanol–water partition coefficient (Wildman–Crippen LogP) is 4.16. The number of amides is 2. The van der Waals surface area contributed by atoms with Gasteiger partial charge >= 0.3 is 0 Å². The summed E-state index contributed by atoms with van der Waals surface area (Å²) in [6, 6.07) is 7.50. The second kappa shape index (κ2) is 11.0.